The summed E-state index contributed by atoms with van der Waals surface area (Å²) >= 11 is 4.47. The molecule has 1 aliphatic rings. The highest BCUT2D eigenvalue weighted by atomic mass is 127. The quantitative estimate of drug-likeness (QED) is 0.496. The molecule has 0 radical (unpaired) electrons. The predicted molar refractivity (Wildman–Crippen MR) is 95.5 cm³/mol. The number of hydrogen-bond acceptors (Lipinski definition) is 3. The van der Waals surface area contributed by atoms with Gasteiger partial charge in [-0.25, -0.2) is 0 Å². The first-order valence-electron chi connectivity index (χ1n) is 6.66. The number of phenols is 1. The number of aromatic hydroxyl groups is 1. The predicted octanol–water partition coefficient (Wildman–Crippen LogP) is 3.18. The van der Waals surface area contributed by atoms with Crippen LogP contribution in [0.2, 0.25) is 0 Å². The summed E-state index contributed by atoms with van der Waals surface area (Å²) in [6.45, 7) is 2.99. The molecule has 0 spiro atoms. The Morgan fingerprint density at radius 2 is 2.21 bits per heavy atom. The molecule has 1 aromatic carbocycles. The molecule has 1 atom stereocenters. The van der Waals surface area contributed by atoms with Crippen molar-refractivity contribution in [2.45, 2.75) is 31.8 Å². The Labute approximate surface area is 142 Å². The maximum Gasteiger partial charge on any atom is 0.133 e. The Hall–Kier alpha value is 0.400. The molecule has 5 heteroatoms. The van der Waals surface area contributed by atoms with Crippen molar-refractivity contribution in [3.05, 3.63) is 24.8 Å². The summed E-state index contributed by atoms with van der Waals surface area (Å²) in [6, 6.07) is 4.78. The second-order valence-corrected chi connectivity index (χ2v) is 7.55. The molecule has 2 rings (SSSR count). The number of hydrogen-bond donors (Lipinski definition) is 2. The van der Waals surface area contributed by atoms with E-state index < -0.39 is 0 Å². The lowest BCUT2D eigenvalue weighted by atomic mass is 10.1. The number of benzene rings is 1. The van der Waals surface area contributed by atoms with Crippen molar-refractivity contribution in [3.8, 4) is 5.75 Å². The van der Waals surface area contributed by atoms with Crippen LogP contribution in [0.5, 0.6) is 5.75 Å². The molecule has 1 heterocycles. The van der Waals surface area contributed by atoms with Crippen molar-refractivity contribution in [2.24, 2.45) is 0 Å². The lowest BCUT2D eigenvalue weighted by Gasteiger charge is -2.19. The third-order valence-electron chi connectivity index (χ3n) is 3.75. The molecule has 0 bridgehead atoms. The third-order valence-corrected chi connectivity index (χ3v) is 5.19. The van der Waals surface area contributed by atoms with Gasteiger partial charge in [0.15, 0.2) is 0 Å². The summed E-state index contributed by atoms with van der Waals surface area (Å²) in [4.78, 5) is 2.45. The molecule has 2 N–H and O–H groups in total. The standard InChI is InChI=1S/C14H20I2N2O/c1-18-6-2-3-12(18)4-5-17-9-10-7-11(15)8-13(16)14(10)19/h7-8,12,17,19H,2-6,9H2,1H3. The number of halogens is 2. The van der Waals surface area contributed by atoms with Crippen molar-refractivity contribution >= 4 is 45.2 Å². The van der Waals surface area contributed by atoms with E-state index in [-0.39, 0.29) is 0 Å². The second kappa shape index (κ2) is 7.42. The lowest BCUT2D eigenvalue weighted by molar-refractivity contribution is 0.293. The van der Waals surface area contributed by atoms with E-state index in [9.17, 15) is 5.11 Å². The van der Waals surface area contributed by atoms with Crippen LogP contribution in [0.4, 0.5) is 0 Å². The van der Waals surface area contributed by atoms with Crippen molar-refractivity contribution in [1.29, 1.82) is 0 Å². The molecule has 3 nitrogen and oxygen atoms in total. The second-order valence-electron chi connectivity index (χ2n) is 5.14. The molecule has 1 fully saturated rings. The Kier molecular flexibility index (Phi) is 6.16. The fourth-order valence-corrected chi connectivity index (χ4v) is 4.55. The Morgan fingerprint density at radius 1 is 1.42 bits per heavy atom. The summed E-state index contributed by atoms with van der Waals surface area (Å²) in [6.07, 6.45) is 3.85. The van der Waals surface area contributed by atoms with Gasteiger partial charge in [-0.05, 0) is 96.7 Å². The minimum atomic E-state index is 0.423. The van der Waals surface area contributed by atoms with E-state index in [0.29, 0.717) is 5.75 Å². The van der Waals surface area contributed by atoms with Crippen molar-refractivity contribution in [1.82, 2.24) is 10.2 Å². The highest BCUT2D eigenvalue weighted by Gasteiger charge is 2.19. The monoisotopic (exact) mass is 486 g/mol. The first kappa shape index (κ1) is 15.8. The molecule has 1 aliphatic heterocycles. The van der Waals surface area contributed by atoms with Crippen LogP contribution in [0.15, 0.2) is 12.1 Å². The van der Waals surface area contributed by atoms with E-state index >= 15 is 0 Å². The van der Waals surface area contributed by atoms with Crippen LogP contribution < -0.4 is 5.32 Å². The zero-order chi connectivity index (χ0) is 13.8. The van der Waals surface area contributed by atoms with Crippen LogP contribution in [0.3, 0.4) is 0 Å². The van der Waals surface area contributed by atoms with Crippen LogP contribution in [0.25, 0.3) is 0 Å². The van der Waals surface area contributed by atoms with Gasteiger partial charge in [0.05, 0.1) is 3.57 Å². The van der Waals surface area contributed by atoms with Gasteiger partial charge in [0.25, 0.3) is 0 Å². The number of nitrogens with one attached hydrogen (secondary N) is 1. The minimum Gasteiger partial charge on any atom is -0.507 e. The number of phenolic OH excluding ortho intramolecular Hbond substituents is 1. The molecule has 0 aromatic heterocycles. The minimum absolute atomic E-state index is 0.423. The zero-order valence-electron chi connectivity index (χ0n) is 11.1. The van der Waals surface area contributed by atoms with Crippen LogP contribution in [-0.2, 0) is 6.54 Å². The Bertz CT molecular complexity index is 440. The summed E-state index contributed by atoms with van der Waals surface area (Å²) in [5, 5.41) is 13.5. The van der Waals surface area contributed by atoms with Gasteiger partial charge in [-0.1, -0.05) is 0 Å². The highest BCUT2D eigenvalue weighted by Crippen LogP contribution is 2.26. The highest BCUT2D eigenvalue weighted by molar-refractivity contribution is 14.1. The van der Waals surface area contributed by atoms with Crippen molar-refractivity contribution in [3.63, 3.8) is 0 Å². The van der Waals surface area contributed by atoms with E-state index in [1.54, 1.807) is 0 Å². The number of likely N-dealkylation sites (tertiary alicyclic amines) is 1. The van der Waals surface area contributed by atoms with Gasteiger partial charge in [0.1, 0.15) is 5.75 Å². The molecular formula is C14H20I2N2O. The molecule has 1 unspecified atom stereocenters. The maximum absolute atomic E-state index is 10.0. The molecule has 1 aromatic rings. The molecule has 106 valence electrons. The SMILES string of the molecule is CN1CCCC1CCNCc1cc(I)cc(I)c1O. The van der Waals surface area contributed by atoms with Crippen LogP contribution in [0, 0.1) is 7.14 Å². The van der Waals surface area contributed by atoms with E-state index in [2.05, 4.69) is 62.4 Å². The fourth-order valence-electron chi connectivity index (χ4n) is 2.59. The third kappa shape index (κ3) is 4.44. The lowest BCUT2D eigenvalue weighted by Crippen LogP contribution is -2.29. The molecule has 0 saturated carbocycles. The van der Waals surface area contributed by atoms with Crippen molar-refractivity contribution < 1.29 is 5.11 Å². The van der Waals surface area contributed by atoms with Gasteiger partial charge >= 0.3 is 0 Å². The van der Waals surface area contributed by atoms with Gasteiger partial charge in [-0.2, -0.15) is 0 Å². The first-order chi connectivity index (χ1) is 9.08. The van der Waals surface area contributed by atoms with E-state index in [4.69, 9.17) is 0 Å². The average molecular weight is 486 g/mol. The number of rotatable bonds is 5. The average Bonchev–Trinajstić information content (AvgIpc) is 2.76. The largest absolute Gasteiger partial charge is 0.507 e. The van der Waals surface area contributed by atoms with Crippen LogP contribution in [0.1, 0.15) is 24.8 Å². The first-order valence-corrected chi connectivity index (χ1v) is 8.81. The molecule has 0 amide bonds. The van der Waals surface area contributed by atoms with Crippen molar-refractivity contribution in [2.75, 3.05) is 20.1 Å². The molecule has 19 heavy (non-hydrogen) atoms. The number of nitrogens with zero attached hydrogens (tertiary/aromatic N) is 1. The summed E-state index contributed by atoms with van der Waals surface area (Å²) in [5.41, 5.74) is 0.996. The van der Waals surface area contributed by atoms with Gasteiger partial charge in [0.2, 0.25) is 0 Å². The topological polar surface area (TPSA) is 35.5 Å². The Morgan fingerprint density at radius 3 is 2.89 bits per heavy atom. The van der Waals surface area contributed by atoms with Gasteiger partial charge in [-0.15, -0.1) is 0 Å². The smallest absolute Gasteiger partial charge is 0.133 e. The molecule has 1 saturated heterocycles. The van der Waals surface area contributed by atoms with Gasteiger partial charge < -0.3 is 15.3 Å². The normalized spacial score (nSPS) is 20.1. The van der Waals surface area contributed by atoms with E-state index in [0.717, 1.165) is 28.3 Å². The van der Waals surface area contributed by atoms with E-state index in [1.165, 1.54) is 29.4 Å². The van der Waals surface area contributed by atoms with Crippen LogP contribution >= 0.6 is 45.2 Å². The van der Waals surface area contributed by atoms with Crippen LogP contribution in [-0.4, -0.2) is 36.2 Å². The fraction of sp³-hybridized carbons (Fsp3) is 0.571. The Balaban J connectivity index is 1.79. The summed E-state index contributed by atoms with van der Waals surface area (Å²) in [7, 11) is 2.21. The summed E-state index contributed by atoms with van der Waals surface area (Å²) < 4.78 is 2.10. The van der Waals surface area contributed by atoms with Gasteiger partial charge in [0, 0.05) is 21.7 Å². The zero-order valence-corrected chi connectivity index (χ0v) is 15.4. The molecule has 0 aliphatic carbocycles. The van der Waals surface area contributed by atoms with E-state index in [1.807, 2.05) is 12.1 Å². The summed E-state index contributed by atoms with van der Waals surface area (Å²) in [5.74, 6) is 0.423. The molecular weight excluding hydrogens is 466 g/mol. The van der Waals surface area contributed by atoms with Gasteiger partial charge in [-0.3, -0.25) is 0 Å². The maximum atomic E-state index is 10.0.